The molecule has 1 aliphatic heterocycles. The Labute approximate surface area is 220 Å². The molecule has 0 radical (unpaired) electrons. The molecule has 0 aromatic heterocycles. The third-order valence-corrected chi connectivity index (χ3v) is 6.28. The standard InChI is InChI=1S/C30H25ClN4O2/c31-23-13-10-14-24(19-23)32-29(36)21-30(37)35-27(22-11-4-1-5-12-22)20-28(33-35)34(25-15-6-2-7-16-25)26-17-8-3-9-18-26/h1-19,27H,20-21H2,(H,32,36)/t27-/m0/s1. The van der Waals surface area contributed by atoms with Crippen LogP contribution >= 0.6 is 11.6 Å². The highest BCUT2D eigenvalue weighted by Crippen LogP contribution is 2.36. The van der Waals surface area contributed by atoms with Crippen LogP contribution in [-0.4, -0.2) is 22.7 Å². The monoisotopic (exact) mass is 508 g/mol. The minimum absolute atomic E-state index is 0.336. The van der Waals surface area contributed by atoms with E-state index in [4.69, 9.17) is 16.7 Å². The van der Waals surface area contributed by atoms with Crippen LogP contribution in [0.25, 0.3) is 0 Å². The van der Waals surface area contributed by atoms with E-state index in [9.17, 15) is 9.59 Å². The smallest absolute Gasteiger partial charge is 0.252 e. The Balaban J connectivity index is 1.46. The van der Waals surface area contributed by atoms with Gasteiger partial charge in [0.05, 0.1) is 6.04 Å². The quantitative estimate of drug-likeness (QED) is 0.291. The van der Waals surface area contributed by atoms with Crippen molar-refractivity contribution in [3.63, 3.8) is 0 Å². The second-order valence-corrected chi connectivity index (χ2v) is 9.06. The average Bonchev–Trinajstić information content (AvgIpc) is 3.36. The zero-order chi connectivity index (χ0) is 25.6. The van der Waals surface area contributed by atoms with E-state index >= 15 is 0 Å². The summed E-state index contributed by atoms with van der Waals surface area (Å²) in [4.78, 5) is 28.2. The Morgan fingerprint density at radius 2 is 1.43 bits per heavy atom. The number of hydrogen-bond donors (Lipinski definition) is 1. The summed E-state index contributed by atoms with van der Waals surface area (Å²) in [5, 5.41) is 9.50. The Bertz CT molecular complexity index is 1370. The number of nitrogens with one attached hydrogen (secondary N) is 1. The third-order valence-electron chi connectivity index (χ3n) is 6.04. The number of hydrazone groups is 1. The SMILES string of the molecule is O=C(CC(=O)N1N=C(N(c2ccccc2)c2ccccc2)C[C@H]1c1ccccc1)Nc1cccc(Cl)c1. The topological polar surface area (TPSA) is 65.0 Å². The van der Waals surface area contributed by atoms with Gasteiger partial charge in [-0.25, -0.2) is 5.01 Å². The maximum Gasteiger partial charge on any atom is 0.252 e. The first kappa shape index (κ1) is 24.3. The molecule has 4 aromatic rings. The number of carbonyl (C=O) groups excluding carboxylic acids is 2. The first-order valence-corrected chi connectivity index (χ1v) is 12.4. The van der Waals surface area contributed by atoms with Crippen LogP contribution in [0.15, 0.2) is 120 Å². The lowest BCUT2D eigenvalue weighted by Crippen LogP contribution is -2.30. The zero-order valence-electron chi connectivity index (χ0n) is 20.0. The van der Waals surface area contributed by atoms with Gasteiger partial charge in [0.1, 0.15) is 12.3 Å². The fourth-order valence-corrected chi connectivity index (χ4v) is 4.58. The number of rotatable bonds is 6. The molecule has 37 heavy (non-hydrogen) atoms. The van der Waals surface area contributed by atoms with E-state index in [1.54, 1.807) is 24.3 Å². The molecule has 1 heterocycles. The van der Waals surface area contributed by atoms with E-state index in [0.29, 0.717) is 17.1 Å². The molecule has 0 spiro atoms. The minimum atomic E-state index is -0.425. The van der Waals surface area contributed by atoms with Crippen LogP contribution in [0.3, 0.4) is 0 Å². The summed E-state index contributed by atoms with van der Waals surface area (Å²) in [7, 11) is 0. The predicted molar refractivity (Wildman–Crippen MR) is 148 cm³/mol. The molecule has 0 bridgehead atoms. The molecule has 1 atom stereocenters. The summed E-state index contributed by atoms with van der Waals surface area (Å²) in [6, 6.07) is 36.1. The Kier molecular flexibility index (Phi) is 7.28. The first-order valence-electron chi connectivity index (χ1n) is 12.0. The molecule has 1 N–H and O–H groups in total. The van der Waals surface area contributed by atoms with Crippen LogP contribution in [-0.2, 0) is 9.59 Å². The summed E-state index contributed by atoms with van der Waals surface area (Å²) >= 11 is 6.02. The van der Waals surface area contributed by atoms with E-state index in [1.165, 1.54) is 5.01 Å². The van der Waals surface area contributed by atoms with Gasteiger partial charge in [-0.2, -0.15) is 5.10 Å². The van der Waals surface area contributed by atoms with Crippen LogP contribution < -0.4 is 10.2 Å². The number of halogens is 1. The van der Waals surface area contributed by atoms with Crippen molar-refractivity contribution in [3.8, 4) is 0 Å². The Hall–Kier alpha value is -4.42. The number of amidine groups is 1. The van der Waals surface area contributed by atoms with Crippen molar-refractivity contribution in [3.05, 3.63) is 126 Å². The van der Waals surface area contributed by atoms with Crippen LogP contribution in [0.2, 0.25) is 5.02 Å². The zero-order valence-corrected chi connectivity index (χ0v) is 20.8. The summed E-state index contributed by atoms with van der Waals surface area (Å²) < 4.78 is 0. The van der Waals surface area contributed by atoms with Gasteiger partial charge >= 0.3 is 0 Å². The third kappa shape index (κ3) is 5.71. The number of amides is 2. The number of benzene rings is 4. The average molecular weight is 509 g/mol. The molecule has 7 heteroatoms. The molecule has 4 aromatic carbocycles. The maximum absolute atomic E-state index is 13.5. The molecular formula is C30H25ClN4O2. The lowest BCUT2D eigenvalue weighted by molar-refractivity contribution is -0.136. The number of anilines is 3. The fourth-order valence-electron chi connectivity index (χ4n) is 4.39. The van der Waals surface area contributed by atoms with Gasteiger partial charge in [-0.1, -0.05) is 84.4 Å². The van der Waals surface area contributed by atoms with Crippen molar-refractivity contribution < 1.29 is 9.59 Å². The van der Waals surface area contributed by atoms with Crippen molar-refractivity contribution in [2.24, 2.45) is 5.10 Å². The van der Waals surface area contributed by atoms with E-state index in [2.05, 4.69) is 10.2 Å². The van der Waals surface area contributed by atoms with Crippen LogP contribution in [0.1, 0.15) is 24.4 Å². The van der Waals surface area contributed by atoms with E-state index in [0.717, 1.165) is 22.8 Å². The molecule has 1 aliphatic rings. The molecule has 5 rings (SSSR count). The largest absolute Gasteiger partial charge is 0.326 e. The molecule has 0 saturated carbocycles. The highest BCUT2D eigenvalue weighted by Gasteiger charge is 2.36. The summed E-state index contributed by atoms with van der Waals surface area (Å²) in [6.45, 7) is 0. The van der Waals surface area contributed by atoms with Gasteiger partial charge in [-0.3, -0.25) is 14.5 Å². The molecule has 0 fully saturated rings. The van der Waals surface area contributed by atoms with Gasteiger partial charge in [0.15, 0.2) is 0 Å². The summed E-state index contributed by atoms with van der Waals surface area (Å²) in [6.07, 6.45) is 0.152. The lowest BCUT2D eigenvalue weighted by atomic mass is 10.0. The first-order chi connectivity index (χ1) is 18.1. The van der Waals surface area contributed by atoms with E-state index < -0.39 is 5.91 Å². The summed E-state index contributed by atoms with van der Waals surface area (Å²) in [5.74, 6) is -0.0926. The van der Waals surface area contributed by atoms with Gasteiger partial charge < -0.3 is 5.32 Å². The van der Waals surface area contributed by atoms with Gasteiger partial charge in [-0.05, 0) is 48.0 Å². The maximum atomic E-state index is 13.5. The van der Waals surface area contributed by atoms with Gasteiger partial charge in [0, 0.05) is 28.5 Å². The molecule has 0 aliphatic carbocycles. The van der Waals surface area contributed by atoms with Crippen LogP contribution in [0.4, 0.5) is 17.1 Å². The second kappa shape index (κ2) is 11.1. The van der Waals surface area contributed by atoms with Crippen LogP contribution in [0, 0.1) is 0 Å². The molecule has 0 saturated heterocycles. The second-order valence-electron chi connectivity index (χ2n) is 8.63. The Morgan fingerprint density at radius 1 is 0.838 bits per heavy atom. The van der Waals surface area contributed by atoms with E-state index in [1.807, 2.05) is 91.0 Å². The highest BCUT2D eigenvalue weighted by molar-refractivity contribution is 6.30. The lowest BCUT2D eigenvalue weighted by Gasteiger charge is -2.24. The van der Waals surface area contributed by atoms with Crippen molar-refractivity contribution in [1.82, 2.24) is 5.01 Å². The van der Waals surface area contributed by atoms with Crippen molar-refractivity contribution in [2.75, 3.05) is 10.2 Å². The van der Waals surface area contributed by atoms with E-state index in [-0.39, 0.29) is 18.4 Å². The molecule has 0 unspecified atom stereocenters. The van der Waals surface area contributed by atoms with Gasteiger partial charge in [-0.15, -0.1) is 0 Å². The molecular weight excluding hydrogens is 484 g/mol. The number of nitrogens with zero attached hydrogens (tertiary/aromatic N) is 3. The van der Waals surface area contributed by atoms with Crippen LogP contribution in [0.5, 0.6) is 0 Å². The van der Waals surface area contributed by atoms with Crippen molar-refractivity contribution in [2.45, 2.75) is 18.9 Å². The highest BCUT2D eigenvalue weighted by atomic mass is 35.5. The predicted octanol–water partition coefficient (Wildman–Crippen LogP) is 6.79. The molecule has 6 nitrogen and oxygen atoms in total. The number of carbonyl (C=O) groups is 2. The molecule has 2 amide bonds. The normalized spacial score (nSPS) is 14.7. The van der Waals surface area contributed by atoms with Crippen molar-refractivity contribution >= 4 is 46.3 Å². The Morgan fingerprint density at radius 3 is 2.03 bits per heavy atom. The van der Waals surface area contributed by atoms with Gasteiger partial charge in [0.25, 0.3) is 5.91 Å². The number of hydrogen-bond acceptors (Lipinski definition) is 4. The summed E-state index contributed by atoms with van der Waals surface area (Å²) in [5.41, 5.74) is 3.36. The molecule has 184 valence electrons. The van der Waals surface area contributed by atoms with Gasteiger partial charge in [0.2, 0.25) is 5.91 Å². The minimum Gasteiger partial charge on any atom is -0.326 e. The number of para-hydroxylation sites is 2. The fraction of sp³-hybridized carbons (Fsp3) is 0.100. The van der Waals surface area contributed by atoms with Crippen molar-refractivity contribution in [1.29, 1.82) is 0 Å².